The Hall–Kier alpha value is -2.71. The number of para-hydroxylation sites is 2. The molecule has 134 valence electrons. The van der Waals surface area contributed by atoms with Crippen molar-refractivity contribution in [3.63, 3.8) is 0 Å². The number of aromatic nitrogens is 3. The van der Waals surface area contributed by atoms with E-state index in [1.807, 2.05) is 54.6 Å². The Morgan fingerprint density at radius 2 is 1.93 bits per heavy atom. The average molecular weight is 442 g/mol. The van der Waals surface area contributed by atoms with Crippen molar-refractivity contribution in [2.75, 3.05) is 6.61 Å². The third kappa shape index (κ3) is 2.90. The van der Waals surface area contributed by atoms with E-state index in [1.54, 1.807) is 0 Å². The smallest absolute Gasteiger partial charge is 0.291 e. The van der Waals surface area contributed by atoms with Crippen LogP contribution < -0.4 is 19.6 Å². The minimum atomic E-state index is -0.443. The summed E-state index contributed by atoms with van der Waals surface area (Å²) < 4.78 is 14.5. The number of benzene rings is 2. The molecule has 0 spiro atoms. The lowest BCUT2D eigenvalue weighted by Gasteiger charge is -2.24. The number of fused-ring (bicyclic) bond motifs is 2. The van der Waals surface area contributed by atoms with Crippen LogP contribution in [0, 0.1) is 0 Å². The summed E-state index contributed by atoms with van der Waals surface area (Å²) >= 11 is 4.79. The van der Waals surface area contributed by atoms with E-state index in [2.05, 4.69) is 26.0 Å². The Morgan fingerprint density at radius 3 is 2.74 bits per heavy atom. The normalized spacial score (nSPS) is 16.8. The van der Waals surface area contributed by atoms with Crippen molar-refractivity contribution in [2.24, 2.45) is 0 Å². The molecule has 5 rings (SSSR count). The van der Waals surface area contributed by atoms with Crippen molar-refractivity contribution in [3.05, 3.63) is 79.3 Å². The van der Waals surface area contributed by atoms with E-state index in [9.17, 15) is 4.79 Å². The van der Waals surface area contributed by atoms with Crippen LogP contribution in [0.15, 0.2) is 57.8 Å². The lowest BCUT2D eigenvalue weighted by Crippen LogP contribution is -2.26. The van der Waals surface area contributed by atoms with Crippen LogP contribution in [0.25, 0.3) is 11.0 Å². The lowest BCUT2D eigenvalue weighted by atomic mass is 10.2. The Bertz CT molecular complexity index is 1270. The van der Waals surface area contributed by atoms with Crippen molar-refractivity contribution >= 4 is 38.3 Å². The number of halogens is 1. The fourth-order valence-electron chi connectivity index (χ4n) is 2.87. The summed E-state index contributed by atoms with van der Waals surface area (Å²) in [7, 11) is 0. The van der Waals surface area contributed by atoms with E-state index in [1.165, 1.54) is 15.9 Å². The second-order valence-electron chi connectivity index (χ2n) is 5.97. The number of hydrogen-bond acceptors (Lipinski definition) is 6. The van der Waals surface area contributed by atoms with Crippen LogP contribution in [-0.2, 0) is 0 Å². The summed E-state index contributed by atoms with van der Waals surface area (Å²) in [6.45, 7) is 0.305. The zero-order valence-electron chi connectivity index (χ0n) is 13.8. The van der Waals surface area contributed by atoms with Gasteiger partial charge in [0.15, 0.2) is 23.4 Å². The van der Waals surface area contributed by atoms with E-state index >= 15 is 0 Å². The third-order valence-corrected chi connectivity index (χ3v) is 5.87. The number of nitrogens with zero attached hydrogens (tertiary/aromatic N) is 3. The van der Waals surface area contributed by atoms with Gasteiger partial charge in [0.2, 0.25) is 4.96 Å². The molecule has 2 aromatic carbocycles. The van der Waals surface area contributed by atoms with Gasteiger partial charge >= 0.3 is 0 Å². The molecule has 27 heavy (non-hydrogen) atoms. The van der Waals surface area contributed by atoms with Gasteiger partial charge < -0.3 is 9.47 Å². The Labute approximate surface area is 165 Å². The second kappa shape index (κ2) is 6.47. The summed E-state index contributed by atoms with van der Waals surface area (Å²) in [5, 5.41) is 4.36. The standard InChI is InChI=1S/C19H12BrN3O3S/c20-12-6-2-1-5-11(12)9-16-18(24)23-19(27-16)21-17(22-23)15-10-25-13-7-3-4-8-14(13)26-15/h1-9,15H,10H2/b16-9-/t15-/m1/s1. The van der Waals surface area contributed by atoms with E-state index < -0.39 is 6.10 Å². The average Bonchev–Trinajstić information content (AvgIpc) is 3.23. The maximum Gasteiger partial charge on any atom is 0.291 e. The zero-order valence-corrected chi connectivity index (χ0v) is 16.2. The minimum absolute atomic E-state index is 0.193. The van der Waals surface area contributed by atoms with E-state index in [0.29, 0.717) is 33.4 Å². The van der Waals surface area contributed by atoms with Crippen LogP contribution in [0.5, 0.6) is 11.5 Å². The van der Waals surface area contributed by atoms with E-state index in [4.69, 9.17) is 9.47 Å². The molecule has 0 amide bonds. The Kier molecular flexibility index (Phi) is 3.95. The predicted octanol–water partition coefficient (Wildman–Crippen LogP) is 2.97. The molecule has 0 fully saturated rings. The first-order valence-electron chi connectivity index (χ1n) is 8.23. The van der Waals surface area contributed by atoms with Gasteiger partial charge in [0.05, 0.1) is 4.53 Å². The summed E-state index contributed by atoms with van der Waals surface area (Å²) in [6.07, 6.45) is 1.39. The molecule has 0 bridgehead atoms. The fourth-order valence-corrected chi connectivity index (χ4v) is 4.17. The molecule has 4 aromatic rings. The van der Waals surface area contributed by atoms with Crippen LogP contribution in [0.3, 0.4) is 0 Å². The molecule has 0 unspecified atom stereocenters. The highest BCUT2D eigenvalue weighted by Crippen LogP contribution is 2.35. The summed E-state index contributed by atoms with van der Waals surface area (Å²) in [4.78, 5) is 17.7. The van der Waals surface area contributed by atoms with Gasteiger partial charge in [-0.05, 0) is 29.8 Å². The molecular formula is C19H12BrN3O3S. The molecule has 0 saturated heterocycles. The Morgan fingerprint density at radius 1 is 1.15 bits per heavy atom. The van der Waals surface area contributed by atoms with Crippen molar-refractivity contribution < 1.29 is 9.47 Å². The van der Waals surface area contributed by atoms with Crippen LogP contribution in [0.4, 0.5) is 0 Å². The van der Waals surface area contributed by atoms with Crippen LogP contribution in [0.2, 0.25) is 0 Å². The highest BCUT2D eigenvalue weighted by molar-refractivity contribution is 9.10. The third-order valence-electron chi connectivity index (χ3n) is 4.19. The summed E-state index contributed by atoms with van der Waals surface area (Å²) in [5.41, 5.74) is 0.738. The molecule has 0 radical (unpaired) electrons. The summed E-state index contributed by atoms with van der Waals surface area (Å²) in [6, 6.07) is 15.2. The van der Waals surface area contributed by atoms with Gasteiger partial charge in [0.1, 0.15) is 6.61 Å². The van der Waals surface area contributed by atoms with Crippen LogP contribution in [-0.4, -0.2) is 21.2 Å². The molecule has 2 aromatic heterocycles. The SMILES string of the molecule is O=c1/c(=C/c2ccccc2Br)sc2nc([C@H]3COc4ccccc4O3)nn12. The number of thiazole rings is 1. The lowest BCUT2D eigenvalue weighted by molar-refractivity contribution is 0.0852. The molecule has 8 heteroatoms. The van der Waals surface area contributed by atoms with E-state index in [-0.39, 0.29) is 5.56 Å². The number of ether oxygens (including phenoxy) is 2. The van der Waals surface area contributed by atoms with Crippen molar-refractivity contribution in [3.8, 4) is 11.5 Å². The highest BCUT2D eigenvalue weighted by Gasteiger charge is 2.27. The molecule has 3 heterocycles. The second-order valence-corrected chi connectivity index (χ2v) is 7.83. The van der Waals surface area contributed by atoms with Crippen molar-refractivity contribution in [1.82, 2.24) is 14.6 Å². The molecule has 0 saturated carbocycles. The predicted molar refractivity (Wildman–Crippen MR) is 105 cm³/mol. The van der Waals surface area contributed by atoms with Gasteiger partial charge in [-0.15, -0.1) is 5.10 Å². The first-order chi connectivity index (χ1) is 13.2. The molecule has 1 atom stereocenters. The maximum absolute atomic E-state index is 12.7. The molecular weight excluding hydrogens is 430 g/mol. The zero-order chi connectivity index (χ0) is 18.4. The van der Waals surface area contributed by atoms with Crippen LogP contribution in [0.1, 0.15) is 17.5 Å². The number of hydrogen-bond donors (Lipinski definition) is 0. The molecule has 6 nitrogen and oxygen atoms in total. The maximum atomic E-state index is 12.7. The van der Waals surface area contributed by atoms with Crippen molar-refractivity contribution in [1.29, 1.82) is 0 Å². The molecule has 0 aliphatic carbocycles. The topological polar surface area (TPSA) is 65.7 Å². The van der Waals surface area contributed by atoms with Gasteiger partial charge in [-0.25, -0.2) is 0 Å². The van der Waals surface area contributed by atoms with E-state index in [0.717, 1.165) is 10.0 Å². The van der Waals surface area contributed by atoms with Gasteiger partial charge in [-0.1, -0.05) is 57.6 Å². The summed E-state index contributed by atoms with van der Waals surface area (Å²) in [5.74, 6) is 1.79. The van der Waals surface area contributed by atoms with Gasteiger partial charge in [0.25, 0.3) is 5.56 Å². The molecule has 0 N–H and O–H groups in total. The fraction of sp³-hybridized carbons (Fsp3) is 0.105. The van der Waals surface area contributed by atoms with Gasteiger partial charge in [-0.3, -0.25) is 4.79 Å². The molecule has 1 aliphatic rings. The Balaban J connectivity index is 1.52. The van der Waals surface area contributed by atoms with Gasteiger partial charge in [0, 0.05) is 4.47 Å². The minimum Gasteiger partial charge on any atom is -0.485 e. The van der Waals surface area contributed by atoms with Crippen LogP contribution >= 0.6 is 27.3 Å². The number of rotatable bonds is 2. The quantitative estimate of drug-likeness (QED) is 0.478. The molecule has 1 aliphatic heterocycles. The van der Waals surface area contributed by atoms with Crippen molar-refractivity contribution in [2.45, 2.75) is 6.10 Å². The highest BCUT2D eigenvalue weighted by atomic mass is 79.9. The first kappa shape index (κ1) is 16.5. The largest absolute Gasteiger partial charge is 0.485 e. The first-order valence-corrected chi connectivity index (χ1v) is 9.84. The monoisotopic (exact) mass is 441 g/mol. The van der Waals surface area contributed by atoms with Gasteiger partial charge in [-0.2, -0.15) is 9.50 Å².